The van der Waals surface area contributed by atoms with Crippen molar-refractivity contribution >= 4 is 5.69 Å². The van der Waals surface area contributed by atoms with E-state index < -0.39 is 0 Å². The minimum absolute atomic E-state index is 0.531. The Labute approximate surface area is 123 Å². The fraction of sp³-hybridized carbons (Fsp3) is 0.706. The SMILES string of the molecule is CC(C)CNCc1ccncc1N(CC1CC1)C(C)C. The van der Waals surface area contributed by atoms with Gasteiger partial charge in [0, 0.05) is 25.3 Å². The Balaban J connectivity index is 2.07. The maximum atomic E-state index is 4.35. The normalized spacial score (nSPS) is 15.1. The molecule has 1 heterocycles. The van der Waals surface area contributed by atoms with Gasteiger partial charge in [-0.1, -0.05) is 13.8 Å². The lowest BCUT2D eigenvalue weighted by Gasteiger charge is -2.31. The van der Waals surface area contributed by atoms with E-state index in [0.717, 1.165) is 19.0 Å². The van der Waals surface area contributed by atoms with E-state index in [2.05, 4.69) is 49.0 Å². The standard InChI is InChI=1S/C17H29N3/c1-13(2)9-19-10-16-7-8-18-11-17(16)20(14(3)4)12-15-5-6-15/h7-8,11,13-15,19H,5-6,9-10,12H2,1-4H3. The largest absolute Gasteiger partial charge is 0.367 e. The molecule has 20 heavy (non-hydrogen) atoms. The molecule has 0 radical (unpaired) electrons. The topological polar surface area (TPSA) is 28.2 Å². The van der Waals surface area contributed by atoms with Crippen molar-refractivity contribution in [3.8, 4) is 0 Å². The number of nitrogens with one attached hydrogen (secondary N) is 1. The summed E-state index contributed by atoms with van der Waals surface area (Å²) in [5, 5.41) is 3.55. The summed E-state index contributed by atoms with van der Waals surface area (Å²) in [6.07, 6.45) is 6.73. The highest BCUT2D eigenvalue weighted by atomic mass is 15.2. The minimum atomic E-state index is 0.531. The Kier molecular flexibility index (Phi) is 5.41. The molecular weight excluding hydrogens is 246 g/mol. The third-order valence-corrected chi connectivity index (χ3v) is 3.84. The van der Waals surface area contributed by atoms with Gasteiger partial charge < -0.3 is 10.2 Å². The van der Waals surface area contributed by atoms with E-state index in [0.29, 0.717) is 12.0 Å². The van der Waals surface area contributed by atoms with Crippen LogP contribution >= 0.6 is 0 Å². The molecule has 1 saturated carbocycles. The van der Waals surface area contributed by atoms with E-state index in [1.807, 2.05) is 12.4 Å². The first kappa shape index (κ1) is 15.3. The third-order valence-electron chi connectivity index (χ3n) is 3.84. The molecule has 1 aliphatic rings. The van der Waals surface area contributed by atoms with Gasteiger partial charge in [-0.05, 0) is 56.7 Å². The predicted octanol–water partition coefficient (Wildman–Crippen LogP) is 3.45. The Morgan fingerprint density at radius 3 is 2.65 bits per heavy atom. The highest BCUT2D eigenvalue weighted by Crippen LogP contribution is 2.33. The van der Waals surface area contributed by atoms with Crippen LogP contribution in [0, 0.1) is 11.8 Å². The predicted molar refractivity (Wildman–Crippen MR) is 86.0 cm³/mol. The first-order valence-corrected chi connectivity index (χ1v) is 7.98. The Morgan fingerprint density at radius 1 is 1.30 bits per heavy atom. The fourth-order valence-electron chi connectivity index (χ4n) is 2.48. The number of rotatable bonds is 8. The van der Waals surface area contributed by atoms with Crippen LogP contribution in [0.25, 0.3) is 0 Å². The summed E-state index contributed by atoms with van der Waals surface area (Å²) in [6.45, 7) is 12.2. The molecule has 1 N–H and O–H groups in total. The molecule has 0 amide bonds. The summed E-state index contributed by atoms with van der Waals surface area (Å²) in [7, 11) is 0. The summed E-state index contributed by atoms with van der Waals surface area (Å²) in [5.41, 5.74) is 2.68. The lowest BCUT2D eigenvalue weighted by Crippen LogP contribution is -2.34. The van der Waals surface area contributed by atoms with Gasteiger partial charge in [-0.15, -0.1) is 0 Å². The van der Waals surface area contributed by atoms with Gasteiger partial charge >= 0.3 is 0 Å². The molecule has 0 spiro atoms. The van der Waals surface area contributed by atoms with Gasteiger partial charge in [-0.3, -0.25) is 4.98 Å². The Bertz CT molecular complexity index is 410. The van der Waals surface area contributed by atoms with Gasteiger partial charge in [0.15, 0.2) is 0 Å². The van der Waals surface area contributed by atoms with Gasteiger partial charge in [-0.25, -0.2) is 0 Å². The van der Waals surface area contributed by atoms with Crippen molar-refractivity contribution < 1.29 is 0 Å². The molecule has 2 rings (SSSR count). The molecule has 1 aromatic heterocycles. The first-order valence-electron chi connectivity index (χ1n) is 7.98. The van der Waals surface area contributed by atoms with Crippen molar-refractivity contribution in [2.24, 2.45) is 11.8 Å². The quantitative estimate of drug-likeness (QED) is 0.787. The molecule has 1 aliphatic carbocycles. The molecule has 3 heteroatoms. The number of nitrogens with zero attached hydrogens (tertiary/aromatic N) is 2. The van der Waals surface area contributed by atoms with Crippen molar-refractivity contribution in [3.63, 3.8) is 0 Å². The molecule has 3 nitrogen and oxygen atoms in total. The molecule has 0 aromatic carbocycles. The first-order chi connectivity index (χ1) is 9.58. The van der Waals surface area contributed by atoms with Gasteiger partial charge in [0.2, 0.25) is 0 Å². The van der Waals surface area contributed by atoms with E-state index in [4.69, 9.17) is 0 Å². The van der Waals surface area contributed by atoms with Crippen molar-refractivity contribution in [1.29, 1.82) is 0 Å². The molecule has 1 aromatic rings. The van der Waals surface area contributed by atoms with Crippen LogP contribution < -0.4 is 10.2 Å². The summed E-state index contributed by atoms with van der Waals surface area (Å²) in [4.78, 5) is 6.87. The zero-order valence-electron chi connectivity index (χ0n) is 13.4. The molecule has 0 bridgehead atoms. The smallest absolute Gasteiger partial charge is 0.0600 e. The number of hydrogen-bond donors (Lipinski definition) is 1. The second kappa shape index (κ2) is 7.07. The maximum absolute atomic E-state index is 4.35. The zero-order valence-corrected chi connectivity index (χ0v) is 13.4. The number of aromatic nitrogens is 1. The fourth-order valence-corrected chi connectivity index (χ4v) is 2.48. The van der Waals surface area contributed by atoms with E-state index in [-0.39, 0.29) is 0 Å². The second-order valence-electron chi connectivity index (χ2n) is 6.72. The zero-order chi connectivity index (χ0) is 14.5. The molecule has 112 valence electrons. The minimum Gasteiger partial charge on any atom is -0.367 e. The molecule has 0 unspecified atom stereocenters. The van der Waals surface area contributed by atoms with Crippen LogP contribution in [0.4, 0.5) is 5.69 Å². The summed E-state index contributed by atoms with van der Waals surface area (Å²) in [6, 6.07) is 2.69. The molecule has 1 fully saturated rings. The molecule has 0 atom stereocenters. The third kappa shape index (κ3) is 4.48. The van der Waals surface area contributed by atoms with Crippen LogP contribution in [0.5, 0.6) is 0 Å². The van der Waals surface area contributed by atoms with Crippen molar-refractivity contribution in [3.05, 3.63) is 24.0 Å². The second-order valence-corrected chi connectivity index (χ2v) is 6.72. The average Bonchev–Trinajstić information content (AvgIpc) is 3.20. The van der Waals surface area contributed by atoms with Crippen LogP contribution in [0.1, 0.15) is 46.1 Å². The lowest BCUT2D eigenvalue weighted by molar-refractivity contribution is 0.550. The van der Waals surface area contributed by atoms with Crippen LogP contribution in [0.15, 0.2) is 18.5 Å². The van der Waals surface area contributed by atoms with Gasteiger partial charge in [-0.2, -0.15) is 0 Å². The summed E-state index contributed by atoms with van der Waals surface area (Å²) in [5.74, 6) is 1.59. The molecule has 0 aliphatic heterocycles. The Morgan fingerprint density at radius 2 is 2.05 bits per heavy atom. The van der Waals surface area contributed by atoms with Gasteiger partial charge in [0.05, 0.1) is 11.9 Å². The summed E-state index contributed by atoms with van der Waals surface area (Å²) < 4.78 is 0. The highest BCUT2D eigenvalue weighted by molar-refractivity contribution is 5.52. The maximum Gasteiger partial charge on any atom is 0.0600 e. The highest BCUT2D eigenvalue weighted by Gasteiger charge is 2.26. The average molecular weight is 275 g/mol. The number of anilines is 1. The molecule has 0 saturated heterocycles. The Hall–Kier alpha value is -1.09. The van der Waals surface area contributed by atoms with Gasteiger partial charge in [0.25, 0.3) is 0 Å². The summed E-state index contributed by atoms with van der Waals surface area (Å²) >= 11 is 0. The van der Waals surface area contributed by atoms with E-state index in [1.165, 1.54) is 30.6 Å². The molecular formula is C17H29N3. The van der Waals surface area contributed by atoms with Crippen LogP contribution in [-0.4, -0.2) is 24.1 Å². The monoisotopic (exact) mass is 275 g/mol. The number of pyridine rings is 1. The van der Waals surface area contributed by atoms with Crippen molar-refractivity contribution in [2.45, 2.75) is 53.1 Å². The van der Waals surface area contributed by atoms with Crippen LogP contribution in [0.3, 0.4) is 0 Å². The number of hydrogen-bond acceptors (Lipinski definition) is 3. The van der Waals surface area contributed by atoms with E-state index >= 15 is 0 Å². The van der Waals surface area contributed by atoms with E-state index in [1.54, 1.807) is 0 Å². The van der Waals surface area contributed by atoms with E-state index in [9.17, 15) is 0 Å². The van der Waals surface area contributed by atoms with Gasteiger partial charge in [0.1, 0.15) is 0 Å². The lowest BCUT2D eigenvalue weighted by atomic mass is 10.1. The van der Waals surface area contributed by atoms with Crippen molar-refractivity contribution in [2.75, 3.05) is 18.0 Å². The van der Waals surface area contributed by atoms with Crippen LogP contribution in [-0.2, 0) is 6.54 Å². The van der Waals surface area contributed by atoms with Crippen molar-refractivity contribution in [1.82, 2.24) is 10.3 Å². The van der Waals surface area contributed by atoms with Crippen LogP contribution in [0.2, 0.25) is 0 Å².